The molecular weight excluding hydrogens is 508 g/mol. The van der Waals surface area contributed by atoms with Crippen molar-refractivity contribution in [1.29, 1.82) is 0 Å². The van der Waals surface area contributed by atoms with Crippen LogP contribution in [0.15, 0.2) is 84.9 Å². The van der Waals surface area contributed by atoms with Crippen molar-refractivity contribution >= 4 is 11.4 Å². The molecule has 0 saturated heterocycles. The summed E-state index contributed by atoms with van der Waals surface area (Å²) in [5, 5.41) is 0. The van der Waals surface area contributed by atoms with Crippen molar-refractivity contribution in [2.45, 2.75) is 96.8 Å². The number of hydrogen-bond acceptors (Lipinski definition) is 2. The summed E-state index contributed by atoms with van der Waals surface area (Å²) in [7, 11) is 0. The molecule has 5 rings (SSSR count). The van der Waals surface area contributed by atoms with Gasteiger partial charge in [-0.05, 0) is 114 Å². The van der Waals surface area contributed by atoms with Gasteiger partial charge in [0.1, 0.15) is 0 Å². The van der Waals surface area contributed by atoms with E-state index in [1.54, 1.807) is 0 Å². The SMILES string of the molecule is CCC(c1ccc(C(C)(c2ccc(C(CC)c3ccc(N)cc3C)cc2)C2CCCCC2)cc1)c1ccc(N)cc1C. The van der Waals surface area contributed by atoms with E-state index in [0.717, 1.165) is 24.2 Å². The van der Waals surface area contributed by atoms with Gasteiger partial charge in [0.15, 0.2) is 0 Å². The fourth-order valence-corrected chi connectivity index (χ4v) is 7.89. The lowest BCUT2D eigenvalue weighted by molar-refractivity contribution is 0.254. The van der Waals surface area contributed by atoms with Gasteiger partial charge in [0.05, 0.1) is 0 Å². The molecule has 2 unspecified atom stereocenters. The number of benzene rings is 4. The average Bonchev–Trinajstić information content (AvgIpc) is 3.00. The van der Waals surface area contributed by atoms with Gasteiger partial charge in [-0.1, -0.05) is 101 Å². The molecule has 1 saturated carbocycles. The first-order valence-electron chi connectivity index (χ1n) is 16.2. The second-order valence-electron chi connectivity index (χ2n) is 12.9. The fourth-order valence-electron chi connectivity index (χ4n) is 7.89. The monoisotopic (exact) mass is 558 g/mol. The lowest BCUT2D eigenvalue weighted by Crippen LogP contribution is -2.35. The highest BCUT2D eigenvalue weighted by Crippen LogP contribution is 2.47. The normalized spacial score (nSPS) is 17.0. The topological polar surface area (TPSA) is 52.0 Å². The number of nitrogens with two attached hydrogens (primary N) is 2. The Morgan fingerprint density at radius 1 is 0.619 bits per heavy atom. The van der Waals surface area contributed by atoms with E-state index in [9.17, 15) is 0 Å². The molecule has 0 heterocycles. The van der Waals surface area contributed by atoms with Crippen LogP contribution in [0.25, 0.3) is 0 Å². The Morgan fingerprint density at radius 3 is 1.38 bits per heavy atom. The smallest absolute Gasteiger partial charge is 0.0316 e. The molecule has 2 heteroatoms. The molecule has 2 nitrogen and oxygen atoms in total. The summed E-state index contributed by atoms with van der Waals surface area (Å²) in [5.41, 5.74) is 24.8. The fraction of sp³-hybridized carbons (Fsp3) is 0.400. The lowest BCUT2D eigenvalue weighted by atomic mass is 9.62. The van der Waals surface area contributed by atoms with Crippen molar-refractivity contribution in [3.05, 3.63) is 129 Å². The quantitative estimate of drug-likeness (QED) is 0.201. The zero-order chi connectivity index (χ0) is 29.9. The van der Waals surface area contributed by atoms with Crippen molar-refractivity contribution in [1.82, 2.24) is 0 Å². The molecule has 0 radical (unpaired) electrons. The summed E-state index contributed by atoms with van der Waals surface area (Å²) in [6.07, 6.45) is 8.75. The molecule has 220 valence electrons. The van der Waals surface area contributed by atoms with Crippen LogP contribution in [-0.4, -0.2) is 0 Å². The van der Waals surface area contributed by atoms with Gasteiger partial charge < -0.3 is 11.5 Å². The van der Waals surface area contributed by atoms with Crippen molar-refractivity contribution in [2.24, 2.45) is 5.92 Å². The van der Waals surface area contributed by atoms with Crippen molar-refractivity contribution in [3.8, 4) is 0 Å². The minimum absolute atomic E-state index is 0.0187. The minimum Gasteiger partial charge on any atom is -0.399 e. The van der Waals surface area contributed by atoms with E-state index in [-0.39, 0.29) is 5.41 Å². The summed E-state index contributed by atoms with van der Waals surface area (Å²) in [5.74, 6) is 1.40. The highest BCUT2D eigenvalue weighted by atomic mass is 14.5. The van der Waals surface area contributed by atoms with Gasteiger partial charge in [-0.2, -0.15) is 0 Å². The van der Waals surface area contributed by atoms with Crippen LogP contribution in [0.5, 0.6) is 0 Å². The zero-order valence-corrected chi connectivity index (χ0v) is 26.4. The van der Waals surface area contributed by atoms with Crippen LogP contribution < -0.4 is 11.5 Å². The largest absolute Gasteiger partial charge is 0.399 e. The average molecular weight is 559 g/mol. The van der Waals surface area contributed by atoms with Crippen molar-refractivity contribution in [2.75, 3.05) is 11.5 Å². The van der Waals surface area contributed by atoms with E-state index in [0.29, 0.717) is 17.8 Å². The third-order valence-corrected chi connectivity index (χ3v) is 10.4. The summed E-state index contributed by atoms with van der Waals surface area (Å²) < 4.78 is 0. The first-order valence-corrected chi connectivity index (χ1v) is 16.2. The number of rotatable bonds is 9. The summed E-state index contributed by atoms with van der Waals surface area (Å²) in [6.45, 7) is 11.5. The third kappa shape index (κ3) is 5.87. The molecule has 4 N–H and O–H groups in total. The van der Waals surface area contributed by atoms with Crippen LogP contribution in [0.3, 0.4) is 0 Å². The molecule has 0 amide bonds. The number of aryl methyl sites for hydroxylation is 2. The van der Waals surface area contributed by atoms with E-state index >= 15 is 0 Å². The Hall–Kier alpha value is -3.52. The summed E-state index contributed by atoms with van der Waals surface area (Å²) in [6, 6.07) is 32.0. The Balaban J connectivity index is 1.50. The molecule has 0 aliphatic heterocycles. The highest BCUT2D eigenvalue weighted by Gasteiger charge is 2.38. The number of hydrogen-bond donors (Lipinski definition) is 2. The van der Waals surface area contributed by atoms with Gasteiger partial charge >= 0.3 is 0 Å². The van der Waals surface area contributed by atoms with E-state index in [1.165, 1.54) is 76.6 Å². The van der Waals surface area contributed by atoms with E-state index in [1.807, 2.05) is 12.1 Å². The second-order valence-corrected chi connectivity index (χ2v) is 12.9. The van der Waals surface area contributed by atoms with Crippen molar-refractivity contribution in [3.63, 3.8) is 0 Å². The summed E-state index contributed by atoms with van der Waals surface area (Å²) in [4.78, 5) is 0. The van der Waals surface area contributed by atoms with Crippen LogP contribution in [0.4, 0.5) is 11.4 Å². The highest BCUT2D eigenvalue weighted by molar-refractivity contribution is 5.50. The molecule has 0 spiro atoms. The van der Waals surface area contributed by atoms with Crippen LogP contribution in [-0.2, 0) is 5.41 Å². The Labute approximate surface area is 254 Å². The summed E-state index contributed by atoms with van der Waals surface area (Å²) >= 11 is 0. The molecule has 1 fully saturated rings. The number of nitrogen functional groups attached to an aromatic ring is 2. The van der Waals surface area contributed by atoms with Crippen LogP contribution >= 0.6 is 0 Å². The van der Waals surface area contributed by atoms with Crippen molar-refractivity contribution < 1.29 is 0 Å². The zero-order valence-electron chi connectivity index (χ0n) is 26.4. The maximum atomic E-state index is 6.07. The maximum Gasteiger partial charge on any atom is 0.0316 e. The maximum absolute atomic E-state index is 6.07. The van der Waals surface area contributed by atoms with Gasteiger partial charge in [0, 0.05) is 28.6 Å². The molecule has 4 aromatic carbocycles. The second kappa shape index (κ2) is 12.8. The molecule has 1 aliphatic carbocycles. The van der Waals surface area contributed by atoms with Crippen LogP contribution in [0, 0.1) is 19.8 Å². The molecule has 0 aromatic heterocycles. The van der Waals surface area contributed by atoms with Gasteiger partial charge in [0.25, 0.3) is 0 Å². The number of anilines is 2. The van der Waals surface area contributed by atoms with Crippen LogP contribution in [0.1, 0.15) is 122 Å². The van der Waals surface area contributed by atoms with E-state index in [4.69, 9.17) is 11.5 Å². The minimum atomic E-state index is -0.0187. The van der Waals surface area contributed by atoms with E-state index < -0.39 is 0 Å². The van der Waals surface area contributed by atoms with Crippen LogP contribution in [0.2, 0.25) is 0 Å². The lowest BCUT2D eigenvalue weighted by Gasteiger charge is -2.41. The molecule has 42 heavy (non-hydrogen) atoms. The van der Waals surface area contributed by atoms with Gasteiger partial charge in [-0.3, -0.25) is 0 Å². The van der Waals surface area contributed by atoms with Gasteiger partial charge in [0.2, 0.25) is 0 Å². The standard InChI is InChI=1S/C40H50N2/c1-6-36(38-23-21-34(41)25-27(38)3)29-13-17-32(18-14-29)40(5,31-11-9-8-10-12-31)33-19-15-30(16-20-33)37(7-2)39-24-22-35(42)26-28(39)4/h13-26,31,36-37H,6-12,41-42H2,1-5H3. The molecule has 1 aliphatic rings. The molecule has 4 aromatic rings. The molecular formula is C40H50N2. The Morgan fingerprint density at radius 2 is 1.02 bits per heavy atom. The van der Waals surface area contributed by atoms with E-state index in [2.05, 4.69) is 107 Å². The predicted octanol–water partition coefficient (Wildman–Crippen LogP) is 10.4. The Bertz CT molecular complexity index is 1370. The predicted molar refractivity (Wildman–Crippen MR) is 181 cm³/mol. The molecule has 0 bridgehead atoms. The first-order chi connectivity index (χ1) is 20.3. The van der Waals surface area contributed by atoms with Gasteiger partial charge in [-0.15, -0.1) is 0 Å². The third-order valence-electron chi connectivity index (χ3n) is 10.4. The molecule has 2 atom stereocenters. The van der Waals surface area contributed by atoms with Gasteiger partial charge in [-0.25, -0.2) is 0 Å². The Kier molecular flexibility index (Phi) is 9.11. The first kappa shape index (κ1) is 30.0.